The van der Waals surface area contributed by atoms with Crippen molar-refractivity contribution in [3.63, 3.8) is 0 Å². The molecule has 180 valence electrons. The standard InChI is InChI=1S/C27H30F3N3O/c28-27(29,30)22-11-19-15-32(10-8-24(19)31-14-22)25(34)26-9-4-7-21(26)12-23(13-26)33-16-20(17-33)18-5-2-1-3-6-18/h1-3,5-6,11,14,20-21,23H,4,7-10,12-13,15-17H2. The van der Waals surface area contributed by atoms with Gasteiger partial charge in [0, 0.05) is 56.5 Å². The highest BCUT2D eigenvalue weighted by Gasteiger charge is 2.57. The first kappa shape index (κ1) is 22.1. The molecule has 3 atom stereocenters. The van der Waals surface area contributed by atoms with Gasteiger partial charge in [0.15, 0.2) is 0 Å². The highest BCUT2D eigenvalue weighted by atomic mass is 19.4. The SMILES string of the molecule is O=C(N1CCc2ncc(C(F)(F)F)cc2C1)C12CCCC1CC(N1CC(c3ccccc3)C1)C2. The Hall–Kier alpha value is -2.41. The molecule has 1 aromatic heterocycles. The van der Waals surface area contributed by atoms with Crippen molar-refractivity contribution >= 4 is 5.91 Å². The molecule has 2 aromatic rings. The second-order valence-corrected chi connectivity index (χ2v) is 10.7. The first-order valence-electron chi connectivity index (χ1n) is 12.5. The molecular formula is C27H30F3N3O. The fourth-order valence-corrected chi connectivity index (χ4v) is 7.05. The molecule has 34 heavy (non-hydrogen) atoms. The Kier molecular flexibility index (Phi) is 5.24. The number of aromatic nitrogens is 1. The Morgan fingerprint density at radius 2 is 1.94 bits per heavy atom. The zero-order valence-corrected chi connectivity index (χ0v) is 19.2. The molecule has 1 saturated heterocycles. The van der Waals surface area contributed by atoms with Crippen LogP contribution in [0.3, 0.4) is 0 Å². The Balaban J connectivity index is 1.16. The van der Waals surface area contributed by atoms with Crippen LogP contribution in [0.15, 0.2) is 42.6 Å². The molecule has 3 fully saturated rings. The van der Waals surface area contributed by atoms with E-state index in [1.165, 1.54) is 11.6 Å². The van der Waals surface area contributed by atoms with Gasteiger partial charge >= 0.3 is 6.18 Å². The molecule has 0 N–H and O–H groups in total. The van der Waals surface area contributed by atoms with Gasteiger partial charge in [-0.2, -0.15) is 13.2 Å². The molecule has 4 aliphatic rings. The second-order valence-electron chi connectivity index (χ2n) is 10.7. The zero-order chi connectivity index (χ0) is 23.5. The number of alkyl halides is 3. The summed E-state index contributed by atoms with van der Waals surface area (Å²) in [5.74, 6) is 1.13. The zero-order valence-electron chi connectivity index (χ0n) is 19.2. The van der Waals surface area contributed by atoms with E-state index in [0.29, 0.717) is 42.1 Å². The van der Waals surface area contributed by atoms with Gasteiger partial charge in [0.2, 0.25) is 5.91 Å². The van der Waals surface area contributed by atoms with Crippen molar-refractivity contribution < 1.29 is 18.0 Å². The summed E-state index contributed by atoms with van der Waals surface area (Å²) >= 11 is 0. The van der Waals surface area contributed by atoms with E-state index in [1.807, 2.05) is 11.0 Å². The van der Waals surface area contributed by atoms with E-state index in [0.717, 1.165) is 51.4 Å². The lowest BCUT2D eigenvalue weighted by Crippen LogP contribution is -2.51. The number of pyridine rings is 1. The number of carbonyl (C=O) groups is 1. The van der Waals surface area contributed by atoms with E-state index in [9.17, 15) is 18.0 Å². The average Bonchev–Trinajstić information content (AvgIpc) is 3.35. The van der Waals surface area contributed by atoms with Crippen molar-refractivity contribution in [2.75, 3.05) is 19.6 Å². The van der Waals surface area contributed by atoms with Gasteiger partial charge in [-0.1, -0.05) is 36.8 Å². The Labute approximate surface area is 198 Å². The average molecular weight is 470 g/mol. The predicted molar refractivity (Wildman–Crippen MR) is 122 cm³/mol. The lowest BCUT2D eigenvalue weighted by atomic mass is 9.78. The summed E-state index contributed by atoms with van der Waals surface area (Å²) in [7, 11) is 0. The van der Waals surface area contributed by atoms with Crippen LogP contribution in [0.5, 0.6) is 0 Å². The molecule has 6 rings (SSSR count). The number of likely N-dealkylation sites (tertiary alicyclic amines) is 1. The predicted octanol–water partition coefficient (Wildman–Crippen LogP) is 5.03. The number of carbonyl (C=O) groups excluding carboxylic acids is 1. The van der Waals surface area contributed by atoms with Gasteiger partial charge in [-0.25, -0.2) is 0 Å². The number of nitrogens with zero attached hydrogens (tertiary/aromatic N) is 3. The molecular weight excluding hydrogens is 439 g/mol. The van der Waals surface area contributed by atoms with E-state index in [4.69, 9.17) is 0 Å². The van der Waals surface area contributed by atoms with Crippen LogP contribution in [0.2, 0.25) is 0 Å². The summed E-state index contributed by atoms with van der Waals surface area (Å²) in [6.45, 7) is 2.89. The van der Waals surface area contributed by atoms with Crippen molar-refractivity contribution in [3.8, 4) is 0 Å². The molecule has 0 spiro atoms. The topological polar surface area (TPSA) is 36.4 Å². The molecule has 1 amide bonds. The molecule has 1 aromatic carbocycles. The van der Waals surface area contributed by atoms with E-state index in [-0.39, 0.29) is 17.9 Å². The summed E-state index contributed by atoms with van der Waals surface area (Å²) in [6.07, 6.45) is 2.04. The lowest BCUT2D eigenvalue weighted by Gasteiger charge is -2.44. The van der Waals surface area contributed by atoms with Crippen LogP contribution in [-0.4, -0.2) is 46.4 Å². The van der Waals surface area contributed by atoms with Gasteiger partial charge in [-0.3, -0.25) is 14.7 Å². The summed E-state index contributed by atoms with van der Waals surface area (Å²) in [4.78, 5) is 22.4. The molecule has 3 heterocycles. The number of halogens is 3. The summed E-state index contributed by atoms with van der Waals surface area (Å²) < 4.78 is 39.6. The Morgan fingerprint density at radius 3 is 2.71 bits per heavy atom. The second kappa shape index (κ2) is 8.08. The first-order valence-corrected chi connectivity index (χ1v) is 12.5. The third-order valence-electron chi connectivity index (χ3n) is 8.89. The number of rotatable bonds is 3. The van der Waals surface area contributed by atoms with Crippen molar-refractivity contribution in [1.82, 2.24) is 14.8 Å². The van der Waals surface area contributed by atoms with E-state index >= 15 is 0 Å². The molecule has 2 saturated carbocycles. The molecule has 0 radical (unpaired) electrons. The van der Waals surface area contributed by atoms with Gasteiger partial charge in [-0.05, 0) is 48.8 Å². The highest BCUT2D eigenvalue weighted by Crippen LogP contribution is 2.57. The van der Waals surface area contributed by atoms with Crippen LogP contribution < -0.4 is 0 Å². The summed E-state index contributed by atoms with van der Waals surface area (Å²) in [5, 5.41) is 0. The van der Waals surface area contributed by atoms with Crippen molar-refractivity contribution in [2.45, 2.75) is 63.2 Å². The molecule has 2 aliphatic heterocycles. The van der Waals surface area contributed by atoms with Crippen molar-refractivity contribution in [2.24, 2.45) is 11.3 Å². The van der Waals surface area contributed by atoms with Crippen LogP contribution in [0.25, 0.3) is 0 Å². The highest BCUT2D eigenvalue weighted by molar-refractivity contribution is 5.84. The molecule has 3 unspecified atom stereocenters. The van der Waals surface area contributed by atoms with Crippen LogP contribution in [0.1, 0.15) is 60.4 Å². The van der Waals surface area contributed by atoms with E-state index in [2.05, 4.69) is 34.1 Å². The quantitative estimate of drug-likeness (QED) is 0.633. The van der Waals surface area contributed by atoms with Crippen LogP contribution in [-0.2, 0) is 23.9 Å². The maximum Gasteiger partial charge on any atom is 0.417 e. The molecule has 2 aliphatic carbocycles. The number of fused-ring (bicyclic) bond motifs is 2. The third kappa shape index (κ3) is 3.63. The number of benzene rings is 1. The molecule has 0 bridgehead atoms. The van der Waals surface area contributed by atoms with Crippen LogP contribution >= 0.6 is 0 Å². The van der Waals surface area contributed by atoms with Gasteiger partial charge in [0.1, 0.15) is 0 Å². The Morgan fingerprint density at radius 1 is 1.15 bits per heavy atom. The Bertz CT molecular complexity index is 1080. The minimum Gasteiger partial charge on any atom is -0.337 e. The number of hydrogen-bond acceptors (Lipinski definition) is 3. The van der Waals surface area contributed by atoms with Crippen molar-refractivity contribution in [3.05, 3.63) is 65.0 Å². The maximum atomic E-state index is 13.9. The maximum absolute atomic E-state index is 13.9. The third-order valence-corrected chi connectivity index (χ3v) is 8.89. The normalized spacial score (nSPS) is 29.6. The van der Waals surface area contributed by atoms with Crippen LogP contribution in [0, 0.1) is 11.3 Å². The minimum absolute atomic E-state index is 0.167. The van der Waals surface area contributed by atoms with Gasteiger partial charge < -0.3 is 4.90 Å². The largest absolute Gasteiger partial charge is 0.417 e. The monoisotopic (exact) mass is 469 g/mol. The fourth-order valence-electron chi connectivity index (χ4n) is 7.05. The minimum atomic E-state index is -4.42. The molecule has 4 nitrogen and oxygen atoms in total. The van der Waals surface area contributed by atoms with Gasteiger partial charge in [-0.15, -0.1) is 0 Å². The lowest BCUT2D eigenvalue weighted by molar-refractivity contribution is -0.144. The van der Waals surface area contributed by atoms with Gasteiger partial charge in [0.25, 0.3) is 0 Å². The van der Waals surface area contributed by atoms with E-state index < -0.39 is 11.7 Å². The first-order chi connectivity index (χ1) is 16.3. The summed E-state index contributed by atoms with van der Waals surface area (Å²) in [5.41, 5.74) is 1.55. The summed E-state index contributed by atoms with van der Waals surface area (Å²) in [6, 6.07) is 12.3. The van der Waals surface area contributed by atoms with Gasteiger partial charge in [0.05, 0.1) is 11.0 Å². The van der Waals surface area contributed by atoms with E-state index in [1.54, 1.807) is 0 Å². The smallest absolute Gasteiger partial charge is 0.337 e. The molecule has 7 heteroatoms. The fraction of sp³-hybridized carbons (Fsp3) is 0.556. The number of hydrogen-bond donors (Lipinski definition) is 0. The number of amides is 1. The van der Waals surface area contributed by atoms with Crippen molar-refractivity contribution in [1.29, 1.82) is 0 Å². The van der Waals surface area contributed by atoms with Crippen LogP contribution in [0.4, 0.5) is 13.2 Å².